The minimum Gasteiger partial charge on any atom is -0.431 e. The van der Waals surface area contributed by atoms with Gasteiger partial charge in [-0.15, -0.1) is 0 Å². The molecular formula is C16H15NO2. The van der Waals surface area contributed by atoms with Gasteiger partial charge in [-0.05, 0) is 23.8 Å². The van der Waals surface area contributed by atoms with E-state index in [0.29, 0.717) is 0 Å². The van der Waals surface area contributed by atoms with Crippen molar-refractivity contribution in [3.63, 3.8) is 0 Å². The Morgan fingerprint density at radius 2 is 1.68 bits per heavy atom. The zero-order chi connectivity index (χ0) is 13.8. The summed E-state index contributed by atoms with van der Waals surface area (Å²) in [7, 11) is 0. The smallest absolute Gasteiger partial charge is 0.334 e. The Labute approximate surface area is 112 Å². The lowest BCUT2D eigenvalue weighted by Gasteiger charge is -1.92. The summed E-state index contributed by atoms with van der Waals surface area (Å²) in [5.41, 5.74) is 0.986. The quantitative estimate of drug-likeness (QED) is 0.477. The standard InChI is InChI=1S/C11H10O2.C5H5N/c1-2-11(12)13-9-8-10-6-4-3-5-7-10;1-2-4-6-5-3-1/h2-9H,1H2;1-5H. The van der Waals surface area contributed by atoms with Gasteiger partial charge in [-0.25, -0.2) is 4.79 Å². The molecule has 1 heterocycles. The lowest BCUT2D eigenvalue weighted by Crippen LogP contribution is -1.91. The van der Waals surface area contributed by atoms with E-state index in [0.717, 1.165) is 11.6 Å². The monoisotopic (exact) mass is 253 g/mol. The fourth-order valence-corrected chi connectivity index (χ4v) is 1.10. The molecule has 0 bridgehead atoms. The van der Waals surface area contributed by atoms with Crippen molar-refractivity contribution in [2.75, 3.05) is 0 Å². The molecule has 0 unspecified atom stereocenters. The number of esters is 1. The van der Waals surface area contributed by atoms with Crippen LogP contribution in [-0.2, 0) is 9.53 Å². The van der Waals surface area contributed by atoms with Crippen molar-refractivity contribution < 1.29 is 9.53 Å². The Bertz CT molecular complexity index is 480. The van der Waals surface area contributed by atoms with E-state index in [-0.39, 0.29) is 0 Å². The molecule has 0 fully saturated rings. The molecule has 0 saturated heterocycles. The van der Waals surface area contributed by atoms with Crippen LogP contribution in [0.4, 0.5) is 0 Å². The first kappa shape index (κ1) is 14.4. The minimum atomic E-state index is -0.452. The normalized spacial score (nSPS) is 9.26. The maximum atomic E-state index is 10.6. The highest BCUT2D eigenvalue weighted by atomic mass is 16.5. The zero-order valence-corrected chi connectivity index (χ0v) is 10.5. The van der Waals surface area contributed by atoms with Crippen LogP contribution < -0.4 is 0 Å². The van der Waals surface area contributed by atoms with Crippen LogP contribution in [0.2, 0.25) is 0 Å². The molecule has 19 heavy (non-hydrogen) atoms. The summed E-state index contributed by atoms with van der Waals surface area (Å²) in [6.45, 7) is 3.28. The molecule has 0 N–H and O–H groups in total. The molecular weight excluding hydrogens is 238 g/mol. The van der Waals surface area contributed by atoms with Crippen molar-refractivity contribution in [3.05, 3.63) is 85.4 Å². The summed E-state index contributed by atoms with van der Waals surface area (Å²) >= 11 is 0. The fraction of sp³-hybridized carbons (Fsp3) is 0. The summed E-state index contributed by atoms with van der Waals surface area (Å²) < 4.78 is 4.66. The van der Waals surface area contributed by atoms with E-state index in [1.807, 2.05) is 48.5 Å². The van der Waals surface area contributed by atoms with Crippen LogP contribution in [-0.4, -0.2) is 11.0 Å². The lowest BCUT2D eigenvalue weighted by molar-refractivity contribution is -0.132. The number of hydrogen-bond donors (Lipinski definition) is 0. The Hall–Kier alpha value is -2.68. The Morgan fingerprint density at radius 1 is 1.05 bits per heavy atom. The molecule has 3 heteroatoms. The molecule has 2 rings (SSSR count). The summed E-state index contributed by atoms with van der Waals surface area (Å²) in [6.07, 6.45) is 7.68. The first-order chi connectivity index (χ1) is 9.33. The number of nitrogens with zero attached hydrogens (tertiary/aromatic N) is 1. The third-order valence-electron chi connectivity index (χ3n) is 1.98. The number of hydrogen-bond acceptors (Lipinski definition) is 3. The van der Waals surface area contributed by atoms with E-state index in [1.54, 1.807) is 18.5 Å². The summed E-state index contributed by atoms with van der Waals surface area (Å²) in [6, 6.07) is 15.3. The van der Waals surface area contributed by atoms with E-state index in [1.165, 1.54) is 6.26 Å². The first-order valence-corrected chi connectivity index (χ1v) is 5.72. The van der Waals surface area contributed by atoms with Gasteiger partial charge in [-0.1, -0.05) is 43.0 Å². The first-order valence-electron chi connectivity index (χ1n) is 5.72. The van der Waals surface area contributed by atoms with Crippen molar-refractivity contribution in [2.45, 2.75) is 0 Å². The molecule has 0 amide bonds. The van der Waals surface area contributed by atoms with Crippen LogP contribution in [0.5, 0.6) is 0 Å². The van der Waals surface area contributed by atoms with Gasteiger partial charge in [0.2, 0.25) is 0 Å². The van der Waals surface area contributed by atoms with Crippen molar-refractivity contribution in [1.82, 2.24) is 4.98 Å². The summed E-state index contributed by atoms with van der Waals surface area (Å²) in [5, 5.41) is 0. The van der Waals surface area contributed by atoms with Crippen LogP contribution in [0.3, 0.4) is 0 Å². The third kappa shape index (κ3) is 7.28. The highest BCUT2D eigenvalue weighted by Gasteiger charge is 1.88. The SMILES string of the molecule is C=CC(=O)OC=Cc1ccccc1.c1ccncc1. The summed E-state index contributed by atoms with van der Waals surface area (Å²) in [4.78, 5) is 14.4. The van der Waals surface area contributed by atoms with E-state index in [9.17, 15) is 4.79 Å². The predicted molar refractivity (Wildman–Crippen MR) is 76.0 cm³/mol. The zero-order valence-electron chi connectivity index (χ0n) is 10.5. The maximum absolute atomic E-state index is 10.6. The number of pyridine rings is 1. The van der Waals surface area contributed by atoms with Crippen molar-refractivity contribution >= 4 is 12.0 Å². The van der Waals surface area contributed by atoms with Crippen LogP contribution in [0, 0.1) is 0 Å². The Balaban J connectivity index is 0.000000250. The second kappa shape index (κ2) is 9.36. The van der Waals surface area contributed by atoms with Crippen LogP contribution >= 0.6 is 0 Å². The van der Waals surface area contributed by atoms with Gasteiger partial charge in [0.1, 0.15) is 0 Å². The number of aromatic nitrogens is 1. The molecule has 0 atom stereocenters. The number of benzene rings is 1. The number of rotatable bonds is 3. The largest absolute Gasteiger partial charge is 0.431 e. The maximum Gasteiger partial charge on any atom is 0.334 e. The van der Waals surface area contributed by atoms with Gasteiger partial charge in [0, 0.05) is 18.5 Å². The van der Waals surface area contributed by atoms with Gasteiger partial charge in [0.25, 0.3) is 0 Å². The van der Waals surface area contributed by atoms with Crippen molar-refractivity contribution in [1.29, 1.82) is 0 Å². The highest BCUT2D eigenvalue weighted by Crippen LogP contribution is 2.00. The Morgan fingerprint density at radius 3 is 2.16 bits per heavy atom. The van der Waals surface area contributed by atoms with Crippen LogP contribution in [0.25, 0.3) is 6.08 Å². The molecule has 3 nitrogen and oxygen atoms in total. The van der Waals surface area contributed by atoms with Gasteiger partial charge in [0.05, 0.1) is 6.26 Å². The molecule has 1 aromatic heterocycles. The van der Waals surface area contributed by atoms with Gasteiger partial charge < -0.3 is 4.74 Å². The lowest BCUT2D eigenvalue weighted by atomic mass is 10.2. The van der Waals surface area contributed by atoms with Gasteiger partial charge >= 0.3 is 5.97 Å². The topological polar surface area (TPSA) is 39.2 Å². The fourth-order valence-electron chi connectivity index (χ4n) is 1.10. The van der Waals surface area contributed by atoms with Gasteiger partial charge in [-0.2, -0.15) is 0 Å². The molecule has 0 aliphatic carbocycles. The second-order valence-corrected chi connectivity index (χ2v) is 3.38. The third-order valence-corrected chi connectivity index (χ3v) is 1.98. The molecule has 96 valence electrons. The molecule has 0 spiro atoms. The molecule has 0 saturated carbocycles. The average Bonchev–Trinajstić information content (AvgIpc) is 2.50. The number of ether oxygens (including phenoxy) is 1. The van der Waals surface area contributed by atoms with E-state index in [2.05, 4.69) is 16.3 Å². The molecule has 0 aliphatic rings. The van der Waals surface area contributed by atoms with Crippen molar-refractivity contribution in [2.24, 2.45) is 0 Å². The predicted octanol–water partition coefficient (Wildman–Crippen LogP) is 3.47. The number of carbonyl (C=O) groups excluding carboxylic acids is 1. The minimum absolute atomic E-state index is 0.452. The summed E-state index contributed by atoms with van der Waals surface area (Å²) in [5.74, 6) is -0.452. The van der Waals surface area contributed by atoms with Crippen molar-refractivity contribution in [3.8, 4) is 0 Å². The van der Waals surface area contributed by atoms with Gasteiger partial charge in [0.15, 0.2) is 0 Å². The average molecular weight is 253 g/mol. The second-order valence-electron chi connectivity index (χ2n) is 3.38. The molecule has 0 radical (unpaired) electrons. The van der Waals surface area contributed by atoms with E-state index >= 15 is 0 Å². The molecule has 1 aromatic carbocycles. The van der Waals surface area contributed by atoms with Crippen LogP contribution in [0.1, 0.15) is 5.56 Å². The van der Waals surface area contributed by atoms with E-state index in [4.69, 9.17) is 0 Å². The molecule has 0 aliphatic heterocycles. The number of carbonyl (C=O) groups is 1. The van der Waals surface area contributed by atoms with E-state index < -0.39 is 5.97 Å². The highest BCUT2D eigenvalue weighted by molar-refractivity contribution is 5.82. The molecule has 2 aromatic rings. The van der Waals surface area contributed by atoms with Crippen LogP contribution in [0.15, 0.2) is 79.8 Å². The van der Waals surface area contributed by atoms with Gasteiger partial charge in [-0.3, -0.25) is 4.98 Å². The Kier molecular flexibility index (Phi) is 7.08.